The molecule has 0 saturated heterocycles. The molecule has 0 saturated carbocycles. The van der Waals surface area contributed by atoms with Crippen LogP contribution in [0.4, 0.5) is 11.4 Å². The molecule has 106 valence electrons. The SMILES string of the molecule is COCCCS(=O)CCC(=O)Nc1cccc(N)c1. The molecule has 6 heteroatoms. The van der Waals surface area contributed by atoms with Crippen LogP contribution in [0.2, 0.25) is 0 Å². The molecule has 0 aliphatic heterocycles. The molecule has 0 aliphatic rings. The highest BCUT2D eigenvalue weighted by molar-refractivity contribution is 7.84. The zero-order chi connectivity index (χ0) is 14.1. The van der Waals surface area contributed by atoms with E-state index in [4.69, 9.17) is 10.5 Å². The molecule has 1 unspecified atom stereocenters. The van der Waals surface area contributed by atoms with Gasteiger partial charge in [0.05, 0.1) is 0 Å². The van der Waals surface area contributed by atoms with Gasteiger partial charge in [-0.25, -0.2) is 0 Å². The van der Waals surface area contributed by atoms with Crippen molar-refractivity contribution < 1.29 is 13.7 Å². The fourth-order valence-corrected chi connectivity index (χ4v) is 2.57. The van der Waals surface area contributed by atoms with Gasteiger partial charge in [0.25, 0.3) is 0 Å². The van der Waals surface area contributed by atoms with Crippen molar-refractivity contribution in [3.05, 3.63) is 24.3 Å². The maximum Gasteiger partial charge on any atom is 0.225 e. The van der Waals surface area contributed by atoms with Crippen molar-refractivity contribution in [3.8, 4) is 0 Å². The second-order valence-electron chi connectivity index (χ2n) is 4.12. The van der Waals surface area contributed by atoms with E-state index in [1.165, 1.54) is 0 Å². The van der Waals surface area contributed by atoms with Gasteiger partial charge < -0.3 is 15.8 Å². The Morgan fingerprint density at radius 2 is 2.21 bits per heavy atom. The van der Waals surface area contributed by atoms with Crippen LogP contribution < -0.4 is 11.1 Å². The molecular weight excluding hydrogens is 264 g/mol. The average Bonchev–Trinajstić information content (AvgIpc) is 2.37. The number of nitrogens with two attached hydrogens (primary N) is 1. The van der Waals surface area contributed by atoms with Gasteiger partial charge in [-0.3, -0.25) is 9.00 Å². The number of anilines is 2. The Labute approximate surface area is 116 Å². The lowest BCUT2D eigenvalue weighted by molar-refractivity contribution is -0.115. The first kappa shape index (κ1) is 15.7. The van der Waals surface area contributed by atoms with E-state index in [0.29, 0.717) is 29.5 Å². The number of amides is 1. The minimum absolute atomic E-state index is 0.148. The maximum atomic E-state index is 11.6. The molecule has 0 spiro atoms. The van der Waals surface area contributed by atoms with Crippen molar-refractivity contribution >= 4 is 28.1 Å². The summed E-state index contributed by atoms with van der Waals surface area (Å²) >= 11 is 0. The number of ether oxygens (including phenoxy) is 1. The van der Waals surface area contributed by atoms with Gasteiger partial charge >= 0.3 is 0 Å². The topological polar surface area (TPSA) is 81.4 Å². The summed E-state index contributed by atoms with van der Waals surface area (Å²) in [7, 11) is 0.643. The second-order valence-corrected chi connectivity index (χ2v) is 5.81. The second kappa shape index (κ2) is 8.66. The van der Waals surface area contributed by atoms with E-state index in [1.807, 2.05) is 0 Å². The van der Waals surface area contributed by atoms with E-state index in [1.54, 1.807) is 31.4 Å². The summed E-state index contributed by atoms with van der Waals surface area (Å²) in [5.74, 6) is 0.794. The number of carbonyl (C=O) groups excluding carboxylic acids is 1. The van der Waals surface area contributed by atoms with Gasteiger partial charge in [0.15, 0.2) is 0 Å². The molecule has 0 bridgehead atoms. The van der Waals surface area contributed by atoms with E-state index < -0.39 is 10.8 Å². The molecule has 1 rings (SSSR count). The molecule has 1 atom stereocenters. The van der Waals surface area contributed by atoms with Gasteiger partial charge in [0.1, 0.15) is 0 Å². The molecule has 0 fully saturated rings. The molecule has 0 aliphatic carbocycles. The number of hydrogen-bond acceptors (Lipinski definition) is 4. The van der Waals surface area contributed by atoms with Gasteiger partial charge in [-0.15, -0.1) is 0 Å². The molecule has 0 radical (unpaired) electrons. The van der Waals surface area contributed by atoms with Gasteiger partial charge in [-0.2, -0.15) is 0 Å². The Kier molecular flexibility index (Phi) is 7.14. The number of benzene rings is 1. The van der Waals surface area contributed by atoms with Crippen LogP contribution in [0, 0.1) is 0 Å². The van der Waals surface area contributed by atoms with Crippen molar-refractivity contribution in [2.24, 2.45) is 0 Å². The standard InChI is InChI=1S/C13H20N2O3S/c1-18-7-3-8-19(17)9-6-13(16)15-12-5-2-4-11(14)10-12/h2,4-5,10H,3,6-9,14H2,1H3,(H,15,16). The molecule has 0 heterocycles. The number of nitrogens with one attached hydrogen (secondary N) is 1. The molecule has 5 nitrogen and oxygen atoms in total. The van der Waals surface area contributed by atoms with Crippen LogP contribution in [0.5, 0.6) is 0 Å². The first-order valence-corrected chi connectivity index (χ1v) is 7.60. The minimum Gasteiger partial charge on any atom is -0.399 e. The molecule has 0 aromatic heterocycles. The van der Waals surface area contributed by atoms with Crippen LogP contribution in [-0.4, -0.2) is 35.3 Å². The van der Waals surface area contributed by atoms with E-state index in [0.717, 1.165) is 6.42 Å². The minimum atomic E-state index is -0.970. The van der Waals surface area contributed by atoms with Crippen LogP contribution in [-0.2, 0) is 20.3 Å². The number of carbonyl (C=O) groups is 1. The highest BCUT2D eigenvalue weighted by Gasteiger charge is 2.06. The quantitative estimate of drug-likeness (QED) is 0.558. The van der Waals surface area contributed by atoms with E-state index in [2.05, 4.69) is 5.32 Å². The smallest absolute Gasteiger partial charge is 0.225 e. The fourth-order valence-electron chi connectivity index (χ4n) is 1.51. The maximum absolute atomic E-state index is 11.6. The van der Waals surface area contributed by atoms with Crippen molar-refractivity contribution in [1.29, 1.82) is 0 Å². The third kappa shape index (κ3) is 6.93. The Morgan fingerprint density at radius 1 is 1.42 bits per heavy atom. The first-order valence-electron chi connectivity index (χ1n) is 6.11. The lowest BCUT2D eigenvalue weighted by Gasteiger charge is -2.06. The van der Waals surface area contributed by atoms with Crippen LogP contribution in [0.1, 0.15) is 12.8 Å². The van der Waals surface area contributed by atoms with Gasteiger partial charge in [-0.05, 0) is 24.6 Å². The normalized spacial score (nSPS) is 12.1. The third-order valence-electron chi connectivity index (χ3n) is 2.45. The van der Waals surface area contributed by atoms with Crippen LogP contribution in [0.3, 0.4) is 0 Å². The highest BCUT2D eigenvalue weighted by Crippen LogP contribution is 2.11. The molecule has 19 heavy (non-hydrogen) atoms. The Bertz CT molecular complexity index is 438. The zero-order valence-corrected chi connectivity index (χ0v) is 11.9. The number of methoxy groups -OCH3 is 1. The largest absolute Gasteiger partial charge is 0.399 e. The van der Waals surface area contributed by atoms with Gasteiger partial charge in [0.2, 0.25) is 5.91 Å². The molecular formula is C13H20N2O3S. The van der Waals surface area contributed by atoms with Crippen molar-refractivity contribution in [3.63, 3.8) is 0 Å². The summed E-state index contributed by atoms with van der Waals surface area (Å²) in [6.07, 6.45) is 0.994. The van der Waals surface area contributed by atoms with Crippen molar-refractivity contribution in [2.45, 2.75) is 12.8 Å². The summed E-state index contributed by atoms with van der Waals surface area (Å²) in [6, 6.07) is 6.98. The molecule has 3 N–H and O–H groups in total. The zero-order valence-electron chi connectivity index (χ0n) is 11.1. The number of nitrogen functional groups attached to an aromatic ring is 1. The third-order valence-corrected chi connectivity index (χ3v) is 3.85. The van der Waals surface area contributed by atoms with E-state index in [9.17, 15) is 9.00 Å². The molecule has 1 amide bonds. The summed E-state index contributed by atoms with van der Waals surface area (Å²) in [6.45, 7) is 0.598. The predicted molar refractivity (Wildman–Crippen MR) is 78.5 cm³/mol. The van der Waals surface area contributed by atoms with Crippen LogP contribution in [0.15, 0.2) is 24.3 Å². The van der Waals surface area contributed by atoms with Crippen LogP contribution >= 0.6 is 0 Å². The predicted octanol–water partition coefficient (Wildman–Crippen LogP) is 1.38. The summed E-state index contributed by atoms with van der Waals surface area (Å²) in [4.78, 5) is 11.6. The molecule has 1 aromatic carbocycles. The Balaban J connectivity index is 2.26. The summed E-state index contributed by atoms with van der Waals surface area (Å²) in [5, 5.41) is 2.73. The van der Waals surface area contributed by atoms with Gasteiger partial charge in [0, 0.05) is 53.8 Å². The van der Waals surface area contributed by atoms with E-state index >= 15 is 0 Å². The first-order chi connectivity index (χ1) is 9.11. The van der Waals surface area contributed by atoms with Crippen molar-refractivity contribution in [1.82, 2.24) is 0 Å². The Morgan fingerprint density at radius 3 is 2.89 bits per heavy atom. The fraction of sp³-hybridized carbons (Fsp3) is 0.462. The van der Waals surface area contributed by atoms with Crippen LogP contribution in [0.25, 0.3) is 0 Å². The average molecular weight is 284 g/mol. The Hall–Kier alpha value is -1.40. The van der Waals surface area contributed by atoms with E-state index in [-0.39, 0.29) is 12.3 Å². The monoisotopic (exact) mass is 284 g/mol. The lowest BCUT2D eigenvalue weighted by Crippen LogP contribution is -2.16. The summed E-state index contributed by atoms with van der Waals surface area (Å²) < 4.78 is 16.5. The summed E-state index contributed by atoms with van der Waals surface area (Å²) in [5.41, 5.74) is 6.87. The van der Waals surface area contributed by atoms with Crippen molar-refractivity contribution in [2.75, 3.05) is 36.3 Å². The number of hydrogen-bond donors (Lipinski definition) is 2. The lowest BCUT2D eigenvalue weighted by atomic mass is 10.3. The number of rotatable bonds is 8. The highest BCUT2D eigenvalue weighted by atomic mass is 32.2. The van der Waals surface area contributed by atoms with Gasteiger partial charge in [-0.1, -0.05) is 6.07 Å². The molecule has 1 aromatic rings.